The highest BCUT2D eigenvalue weighted by atomic mass is 35.5. The molecule has 0 amide bonds. The minimum atomic E-state index is -0.394. The van der Waals surface area contributed by atoms with Gasteiger partial charge in [-0.1, -0.05) is 44.2 Å². The Hall–Kier alpha value is -1.07. The Labute approximate surface area is 113 Å². The maximum absolute atomic E-state index is 9.79. The topological polar surface area (TPSA) is 84.1 Å². The third-order valence-corrected chi connectivity index (χ3v) is 3.03. The van der Waals surface area contributed by atoms with Crippen LogP contribution >= 0.6 is 11.6 Å². The molecule has 1 aromatic heterocycles. The number of hydrogen-bond donors (Lipinski definition) is 3. The molecule has 1 rings (SSSR count). The molecule has 0 spiro atoms. The van der Waals surface area contributed by atoms with E-state index in [9.17, 15) is 5.11 Å². The fourth-order valence-corrected chi connectivity index (χ4v) is 1.77. The average molecular weight is 273 g/mol. The summed E-state index contributed by atoms with van der Waals surface area (Å²) in [6.07, 6.45) is 6.35. The van der Waals surface area contributed by atoms with Crippen molar-refractivity contribution in [2.45, 2.75) is 45.1 Å². The van der Waals surface area contributed by atoms with E-state index in [1.165, 1.54) is 19.2 Å². The lowest BCUT2D eigenvalue weighted by Crippen LogP contribution is -2.20. The number of aliphatic hydroxyl groups is 1. The molecule has 1 atom stereocenters. The van der Waals surface area contributed by atoms with Crippen molar-refractivity contribution in [2.24, 2.45) is 0 Å². The summed E-state index contributed by atoms with van der Waals surface area (Å²) in [7, 11) is 0. The standard InChI is InChI=1S/C12H21ClN4O/c1-2-3-4-5-6-9(18)7-15-12-10(14)11(13)16-8-17-12/h8-9,18H,2-7,14H2,1H3,(H,15,16,17). The molecule has 0 saturated heterocycles. The van der Waals surface area contributed by atoms with Crippen LogP contribution < -0.4 is 11.1 Å². The third kappa shape index (κ3) is 5.06. The van der Waals surface area contributed by atoms with Crippen molar-refractivity contribution in [3.63, 3.8) is 0 Å². The summed E-state index contributed by atoms with van der Waals surface area (Å²) in [6.45, 7) is 2.59. The van der Waals surface area contributed by atoms with E-state index in [1.54, 1.807) is 0 Å². The molecule has 0 aromatic carbocycles. The second kappa shape index (κ2) is 8.11. The van der Waals surface area contributed by atoms with E-state index in [-0.39, 0.29) is 5.15 Å². The van der Waals surface area contributed by atoms with Gasteiger partial charge in [0.2, 0.25) is 0 Å². The molecular weight excluding hydrogens is 252 g/mol. The first kappa shape index (κ1) is 15.0. The molecule has 102 valence electrons. The maximum atomic E-state index is 9.79. The summed E-state index contributed by atoms with van der Waals surface area (Å²) < 4.78 is 0. The highest BCUT2D eigenvalue weighted by Crippen LogP contribution is 2.21. The molecule has 0 aliphatic rings. The molecule has 0 saturated carbocycles. The van der Waals surface area contributed by atoms with E-state index in [2.05, 4.69) is 22.2 Å². The van der Waals surface area contributed by atoms with Crippen molar-refractivity contribution in [3.8, 4) is 0 Å². The van der Waals surface area contributed by atoms with Crippen LogP contribution in [-0.4, -0.2) is 27.7 Å². The van der Waals surface area contributed by atoms with E-state index in [0.717, 1.165) is 19.3 Å². The molecule has 1 aromatic rings. The third-order valence-electron chi connectivity index (χ3n) is 2.73. The molecule has 4 N–H and O–H groups in total. The number of anilines is 2. The molecule has 18 heavy (non-hydrogen) atoms. The first-order valence-electron chi connectivity index (χ1n) is 6.33. The number of aromatic nitrogens is 2. The van der Waals surface area contributed by atoms with Crippen LogP contribution in [0.15, 0.2) is 6.33 Å². The van der Waals surface area contributed by atoms with Crippen molar-refractivity contribution in [3.05, 3.63) is 11.5 Å². The average Bonchev–Trinajstić information content (AvgIpc) is 2.36. The van der Waals surface area contributed by atoms with Gasteiger partial charge in [0.05, 0.1) is 6.10 Å². The fraction of sp³-hybridized carbons (Fsp3) is 0.667. The molecule has 0 aliphatic carbocycles. The Morgan fingerprint density at radius 1 is 1.39 bits per heavy atom. The number of nitrogens with two attached hydrogens (primary N) is 1. The van der Waals surface area contributed by atoms with Gasteiger partial charge in [0.15, 0.2) is 11.0 Å². The Kier molecular flexibility index (Phi) is 6.75. The second-order valence-corrected chi connectivity index (χ2v) is 4.67. The summed E-state index contributed by atoms with van der Waals surface area (Å²) in [6, 6.07) is 0. The number of aliphatic hydroxyl groups excluding tert-OH is 1. The van der Waals surface area contributed by atoms with Crippen LogP contribution in [0.3, 0.4) is 0 Å². The van der Waals surface area contributed by atoms with Crippen LogP contribution in [-0.2, 0) is 0 Å². The molecule has 0 fully saturated rings. The molecule has 0 radical (unpaired) electrons. The number of rotatable bonds is 8. The molecule has 1 unspecified atom stereocenters. The fourth-order valence-electron chi connectivity index (χ4n) is 1.64. The van der Waals surface area contributed by atoms with Gasteiger partial charge >= 0.3 is 0 Å². The summed E-state index contributed by atoms with van der Waals surface area (Å²) in [5, 5.41) is 13.0. The van der Waals surface area contributed by atoms with Crippen molar-refractivity contribution in [1.82, 2.24) is 9.97 Å². The van der Waals surface area contributed by atoms with Crippen molar-refractivity contribution >= 4 is 23.1 Å². The van der Waals surface area contributed by atoms with E-state index < -0.39 is 6.10 Å². The van der Waals surface area contributed by atoms with Gasteiger partial charge in [-0.05, 0) is 6.42 Å². The molecule has 0 bridgehead atoms. The van der Waals surface area contributed by atoms with E-state index in [0.29, 0.717) is 18.1 Å². The number of nitrogen functional groups attached to an aromatic ring is 1. The van der Waals surface area contributed by atoms with Crippen molar-refractivity contribution in [2.75, 3.05) is 17.6 Å². The quantitative estimate of drug-likeness (QED) is 0.500. The summed E-state index contributed by atoms with van der Waals surface area (Å²) >= 11 is 5.77. The first-order valence-corrected chi connectivity index (χ1v) is 6.70. The number of hydrogen-bond acceptors (Lipinski definition) is 5. The first-order chi connectivity index (χ1) is 8.65. The van der Waals surface area contributed by atoms with Gasteiger partial charge in [-0.25, -0.2) is 9.97 Å². The van der Waals surface area contributed by atoms with E-state index in [1.807, 2.05) is 0 Å². The Balaban J connectivity index is 2.29. The molecule has 6 heteroatoms. The molecule has 0 aliphatic heterocycles. The number of nitrogens with zero attached hydrogens (tertiary/aromatic N) is 2. The number of unbranched alkanes of at least 4 members (excludes halogenated alkanes) is 3. The van der Waals surface area contributed by atoms with Gasteiger partial charge in [-0.2, -0.15) is 0 Å². The summed E-state index contributed by atoms with van der Waals surface area (Å²) in [5.74, 6) is 0.475. The SMILES string of the molecule is CCCCCCC(O)CNc1ncnc(Cl)c1N. The number of halogens is 1. The van der Waals surface area contributed by atoms with Gasteiger partial charge in [0.25, 0.3) is 0 Å². The van der Waals surface area contributed by atoms with Crippen LogP contribution in [0.1, 0.15) is 39.0 Å². The highest BCUT2D eigenvalue weighted by Gasteiger charge is 2.08. The zero-order valence-corrected chi connectivity index (χ0v) is 11.5. The van der Waals surface area contributed by atoms with Crippen molar-refractivity contribution < 1.29 is 5.11 Å². The molecular formula is C12H21ClN4O. The Bertz CT molecular complexity index is 362. The van der Waals surface area contributed by atoms with Gasteiger partial charge in [0.1, 0.15) is 12.0 Å². The van der Waals surface area contributed by atoms with Crippen LogP contribution in [0.4, 0.5) is 11.5 Å². The lowest BCUT2D eigenvalue weighted by atomic mass is 10.1. The van der Waals surface area contributed by atoms with Gasteiger partial charge in [-0.15, -0.1) is 0 Å². The smallest absolute Gasteiger partial charge is 0.157 e. The van der Waals surface area contributed by atoms with E-state index >= 15 is 0 Å². The Morgan fingerprint density at radius 3 is 2.89 bits per heavy atom. The van der Waals surface area contributed by atoms with Crippen molar-refractivity contribution in [1.29, 1.82) is 0 Å². The zero-order chi connectivity index (χ0) is 13.4. The zero-order valence-electron chi connectivity index (χ0n) is 10.7. The van der Waals surface area contributed by atoms with Crippen LogP contribution in [0.25, 0.3) is 0 Å². The minimum absolute atomic E-state index is 0.227. The highest BCUT2D eigenvalue weighted by molar-refractivity contribution is 6.32. The normalized spacial score (nSPS) is 12.4. The lowest BCUT2D eigenvalue weighted by Gasteiger charge is -2.13. The van der Waals surface area contributed by atoms with Crippen LogP contribution in [0, 0.1) is 0 Å². The van der Waals surface area contributed by atoms with Gasteiger partial charge in [-0.3, -0.25) is 0 Å². The second-order valence-electron chi connectivity index (χ2n) is 4.31. The van der Waals surface area contributed by atoms with Gasteiger partial charge in [0, 0.05) is 6.54 Å². The van der Waals surface area contributed by atoms with Gasteiger partial charge < -0.3 is 16.2 Å². The largest absolute Gasteiger partial charge is 0.393 e. The molecule has 5 nitrogen and oxygen atoms in total. The number of nitrogens with one attached hydrogen (secondary N) is 1. The monoisotopic (exact) mass is 272 g/mol. The Morgan fingerprint density at radius 2 is 2.17 bits per heavy atom. The van der Waals surface area contributed by atoms with Crippen LogP contribution in [0.5, 0.6) is 0 Å². The van der Waals surface area contributed by atoms with Crippen LogP contribution in [0.2, 0.25) is 5.15 Å². The predicted molar refractivity (Wildman–Crippen MR) is 74.7 cm³/mol. The molecule has 1 heterocycles. The summed E-state index contributed by atoms with van der Waals surface area (Å²) in [4.78, 5) is 7.74. The van der Waals surface area contributed by atoms with E-state index in [4.69, 9.17) is 17.3 Å². The summed E-state index contributed by atoms with van der Waals surface area (Å²) in [5.41, 5.74) is 6.02. The maximum Gasteiger partial charge on any atom is 0.157 e. The predicted octanol–water partition coefficient (Wildman–Crippen LogP) is 2.46. The minimum Gasteiger partial charge on any atom is -0.393 e. The lowest BCUT2D eigenvalue weighted by molar-refractivity contribution is 0.173.